The molecule has 0 saturated carbocycles. The first-order valence-corrected chi connectivity index (χ1v) is 5.94. The molecule has 0 aliphatic heterocycles. The largest absolute Gasteiger partial charge is 0.489 e. The Kier molecular flexibility index (Phi) is 4.35. The highest BCUT2D eigenvalue weighted by Crippen LogP contribution is 2.21. The van der Waals surface area contributed by atoms with Crippen LogP contribution in [0.15, 0.2) is 36.4 Å². The number of aliphatic hydroxyl groups excluding tert-OH is 1. The third kappa shape index (κ3) is 3.43. The summed E-state index contributed by atoms with van der Waals surface area (Å²) in [4.78, 5) is 0. The van der Waals surface area contributed by atoms with E-state index in [0.29, 0.717) is 5.56 Å². The minimum absolute atomic E-state index is 0.0105. The second-order valence-electron chi connectivity index (χ2n) is 3.95. The lowest BCUT2D eigenvalue weighted by atomic mass is 10.2. The topological polar surface area (TPSA) is 29.5 Å². The fraction of sp³-hybridized carbons (Fsp3) is 0.143. The Labute approximate surface area is 114 Å². The van der Waals surface area contributed by atoms with Gasteiger partial charge < -0.3 is 9.84 Å². The van der Waals surface area contributed by atoms with E-state index in [1.54, 1.807) is 6.07 Å². The van der Waals surface area contributed by atoms with E-state index in [4.69, 9.17) is 21.4 Å². The van der Waals surface area contributed by atoms with Gasteiger partial charge in [0.15, 0.2) is 0 Å². The van der Waals surface area contributed by atoms with Gasteiger partial charge in [0.1, 0.15) is 24.0 Å². The van der Waals surface area contributed by atoms with E-state index in [1.807, 2.05) is 0 Å². The standard InChI is InChI=1S/C14H11ClF2O2/c15-13-3-1-2-10(14(13)17)8-19-12-5-9(7-18)4-11(16)6-12/h1-6,18H,7-8H2. The van der Waals surface area contributed by atoms with Crippen molar-refractivity contribution >= 4 is 11.6 Å². The Morgan fingerprint density at radius 3 is 2.68 bits per heavy atom. The van der Waals surface area contributed by atoms with E-state index in [9.17, 15) is 8.78 Å². The quantitative estimate of drug-likeness (QED) is 0.928. The first-order chi connectivity index (χ1) is 9.10. The summed E-state index contributed by atoms with van der Waals surface area (Å²) in [5, 5.41) is 8.96. The van der Waals surface area contributed by atoms with Gasteiger partial charge in [0.2, 0.25) is 0 Å². The molecule has 0 atom stereocenters. The molecular formula is C14H11ClF2O2. The lowest BCUT2D eigenvalue weighted by Gasteiger charge is -2.09. The number of hydrogen-bond acceptors (Lipinski definition) is 2. The van der Waals surface area contributed by atoms with Crippen molar-refractivity contribution in [1.82, 2.24) is 0 Å². The van der Waals surface area contributed by atoms with Crippen molar-refractivity contribution in [2.75, 3.05) is 0 Å². The molecule has 0 radical (unpaired) electrons. The molecule has 0 amide bonds. The van der Waals surface area contributed by atoms with Crippen LogP contribution in [0, 0.1) is 11.6 Å². The third-order valence-electron chi connectivity index (χ3n) is 2.54. The smallest absolute Gasteiger partial charge is 0.148 e. The number of aliphatic hydroxyl groups is 1. The fourth-order valence-electron chi connectivity index (χ4n) is 1.62. The van der Waals surface area contributed by atoms with E-state index >= 15 is 0 Å². The van der Waals surface area contributed by atoms with Gasteiger partial charge in [-0.05, 0) is 23.8 Å². The number of hydrogen-bond donors (Lipinski definition) is 1. The second kappa shape index (κ2) is 5.99. The Hall–Kier alpha value is -1.65. The van der Waals surface area contributed by atoms with Gasteiger partial charge in [0.05, 0.1) is 11.6 Å². The zero-order valence-electron chi connectivity index (χ0n) is 9.87. The van der Waals surface area contributed by atoms with Crippen LogP contribution in [0.5, 0.6) is 5.75 Å². The van der Waals surface area contributed by atoms with Crippen LogP contribution in [0.4, 0.5) is 8.78 Å². The SMILES string of the molecule is OCc1cc(F)cc(OCc2cccc(Cl)c2F)c1. The molecule has 0 aliphatic carbocycles. The maximum absolute atomic E-state index is 13.6. The molecule has 2 aromatic rings. The van der Waals surface area contributed by atoms with Crippen LogP contribution >= 0.6 is 11.6 Å². The number of ether oxygens (including phenoxy) is 1. The van der Waals surface area contributed by atoms with Gasteiger partial charge in [0.25, 0.3) is 0 Å². The van der Waals surface area contributed by atoms with Crippen molar-refractivity contribution in [1.29, 1.82) is 0 Å². The van der Waals surface area contributed by atoms with E-state index in [-0.39, 0.29) is 29.5 Å². The van der Waals surface area contributed by atoms with Gasteiger partial charge in [-0.1, -0.05) is 23.7 Å². The zero-order chi connectivity index (χ0) is 13.8. The second-order valence-corrected chi connectivity index (χ2v) is 4.36. The highest BCUT2D eigenvalue weighted by atomic mass is 35.5. The number of halogens is 3. The Balaban J connectivity index is 2.14. The maximum Gasteiger partial charge on any atom is 0.148 e. The number of benzene rings is 2. The van der Waals surface area contributed by atoms with Gasteiger partial charge in [-0.25, -0.2) is 8.78 Å². The molecule has 100 valence electrons. The molecule has 19 heavy (non-hydrogen) atoms. The molecule has 2 nitrogen and oxygen atoms in total. The molecule has 2 aromatic carbocycles. The van der Waals surface area contributed by atoms with Crippen molar-refractivity contribution in [3.8, 4) is 5.75 Å². The van der Waals surface area contributed by atoms with E-state index in [0.717, 1.165) is 0 Å². The van der Waals surface area contributed by atoms with Gasteiger partial charge in [-0.2, -0.15) is 0 Å². The van der Waals surface area contributed by atoms with Crippen molar-refractivity contribution in [2.24, 2.45) is 0 Å². The lowest BCUT2D eigenvalue weighted by Crippen LogP contribution is -2.00. The van der Waals surface area contributed by atoms with Crippen molar-refractivity contribution in [3.63, 3.8) is 0 Å². The molecule has 0 saturated heterocycles. The average molecular weight is 285 g/mol. The summed E-state index contributed by atoms with van der Waals surface area (Å²) in [5.74, 6) is -0.848. The molecule has 0 unspecified atom stereocenters. The predicted molar refractivity (Wildman–Crippen MR) is 68.1 cm³/mol. The monoisotopic (exact) mass is 284 g/mol. The van der Waals surface area contributed by atoms with Gasteiger partial charge in [0, 0.05) is 11.6 Å². The molecule has 0 bridgehead atoms. The van der Waals surface area contributed by atoms with Crippen LogP contribution in [0.2, 0.25) is 5.02 Å². The van der Waals surface area contributed by atoms with Gasteiger partial charge in [-0.15, -0.1) is 0 Å². The molecule has 0 aromatic heterocycles. The highest BCUT2D eigenvalue weighted by Gasteiger charge is 2.07. The summed E-state index contributed by atoms with van der Waals surface area (Å²) in [7, 11) is 0. The van der Waals surface area contributed by atoms with Crippen molar-refractivity contribution in [2.45, 2.75) is 13.2 Å². The normalized spacial score (nSPS) is 10.5. The minimum Gasteiger partial charge on any atom is -0.489 e. The van der Waals surface area contributed by atoms with Gasteiger partial charge in [-0.3, -0.25) is 0 Å². The highest BCUT2D eigenvalue weighted by molar-refractivity contribution is 6.30. The summed E-state index contributed by atoms with van der Waals surface area (Å²) in [6.07, 6.45) is 0. The maximum atomic E-state index is 13.6. The van der Waals surface area contributed by atoms with Crippen molar-refractivity contribution in [3.05, 3.63) is 64.2 Å². The molecular weight excluding hydrogens is 274 g/mol. The molecule has 1 N–H and O–H groups in total. The molecule has 2 rings (SSSR count). The van der Waals surface area contributed by atoms with Crippen LogP contribution in [0.1, 0.15) is 11.1 Å². The Bertz CT molecular complexity index is 588. The van der Waals surface area contributed by atoms with E-state index < -0.39 is 11.6 Å². The van der Waals surface area contributed by atoms with Crippen molar-refractivity contribution < 1.29 is 18.6 Å². The Morgan fingerprint density at radius 1 is 1.16 bits per heavy atom. The minimum atomic E-state index is -0.553. The first-order valence-electron chi connectivity index (χ1n) is 5.56. The lowest BCUT2D eigenvalue weighted by molar-refractivity contribution is 0.275. The third-order valence-corrected chi connectivity index (χ3v) is 2.83. The van der Waals surface area contributed by atoms with Crippen LogP contribution in [0.3, 0.4) is 0 Å². The average Bonchev–Trinajstić information content (AvgIpc) is 2.40. The van der Waals surface area contributed by atoms with Crippen LogP contribution in [-0.4, -0.2) is 5.11 Å². The van der Waals surface area contributed by atoms with Crippen LogP contribution in [-0.2, 0) is 13.2 Å². The summed E-state index contributed by atoms with van der Waals surface area (Å²) in [5.41, 5.74) is 0.670. The summed E-state index contributed by atoms with van der Waals surface area (Å²) >= 11 is 5.64. The molecule has 0 fully saturated rings. The Morgan fingerprint density at radius 2 is 1.95 bits per heavy atom. The predicted octanol–water partition coefficient (Wildman–Crippen LogP) is 3.69. The van der Waals surface area contributed by atoms with Gasteiger partial charge >= 0.3 is 0 Å². The zero-order valence-corrected chi connectivity index (χ0v) is 10.6. The van der Waals surface area contributed by atoms with E-state index in [1.165, 1.54) is 30.3 Å². The molecule has 0 spiro atoms. The van der Waals surface area contributed by atoms with Crippen LogP contribution in [0.25, 0.3) is 0 Å². The number of rotatable bonds is 4. The summed E-state index contributed by atoms with van der Waals surface area (Å²) < 4.78 is 32.1. The van der Waals surface area contributed by atoms with E-state index in [2.05, 4.69) is 0 Å². The molecule has 5 heteroatoms. The molecule has 0 heterocycles. The summed E-state index contributed by atoms with van der Waals surface area (Å²) in [6, 6.07) is 8.44. The molecule has 0 aliphatic rings. The fourth-order valence-corrected chi connectivity index (χ4v) is 1.81. The first kappa shape index (κ1) is 13.8. The van der Waals surface area contributed by atoms with Crippen LogP contribution < -0.4 is 4.74 Å². The summed E-state index contributed by atoms with van der Waals surface area (Å²) in [6.45, 7) is -0.361.